The average molecular weight is 262 g/mol. The summed E-state index contributed by atoms with van der Waals surface area (Å²) in [6.45, 7) is 2.96. The van der Waals surface area contributed by atoms with Gasteiger partial charge in [0, 0.05) is 32.6 Å². The van der Waals surface area contributed by atoms with E-state index in [0.29, 0.717) is 13.1 Å². The molecule has 0 aliphatic carbocycles. The highest BCUT2D eigenvalue weighted by Crippen LogP contribution is 2.17. The van der Waals surface area contributed by atoms with Crippen LogP contribution in [0.4, 0.5) is 0 Å². The van der Waals surface area contributed by atoms with Crippen molar-refractivity contribution in [2.45, 2.75) is 38.6 Å². The quantitative estimate of drug-likeness (QED) is 0.554. The van der Waals surface area contributed by atoms with Crippen molar-refractivity contribution in [3.8, 4) is 0 Å². The number of nitrogens with one attached hydrogen (secondary N) is 1. The Labute approximate surface area is 103 Å². The first kappa shape index (κ1) is 14.4. The third-order valence-electron chi connectivity index (χ3n) is 3.14. The van der Waals surface area contributed by atoms with Crippen molar-refractivity contribution in [1.29, 1.82) is 5.41 Å². The Morgan fingerprint density at radius 1 is 1.41 bits per heavy atom. The van der Waals surface area contributed by atoms with Crippen LogP contribution in [0.1, 0.15) is 32.6 Å². The Kier molecular flexibility index (Phi) is 4.91. The highest BCUT2D eigenvalue weighted by Gasteiger charge is 2.31. The lowest BCUT2D eigenvalue weighted by molar-refractivity contribution is 0.298. The van der Waals surface area contributed by atoms with Gasteiger partial charge in [-0.1, -0.05) is 6.42 Å². The summed E-state index contributed by atoms with van der Waals surface area (Å²) in [6, 6.07) is -0.278. The Bertz CT molecular complexity index is 363. The molecular formula is C10H22N4O2S. The minimum atomic E-state index is -3.39. The maximum absolute atomic E-state index is 12.2. The monoisotopic (exact) mass is 262 g/mol. The van der Waals surface area contributed by atoms with Crippen LogP contribution in [0.5, 0.6) is 0 Å². The van der Waals surface area contributed by atoms with Crippen molar-refractivity contribution in [2.24, 2.45) is 5.73 Å². The number of hydrogen-bond donors (Lipinski definition) is 2. The molecule has 17 heavy (non-hydrogen) atoms. The summed E-state index contributed by atoms with van der Waals surface area (Å²) < 4.78 is 27.3. The molecule has 1 unspecified atom stereocenters. The van der Waals surface area contributed by atoms with Crippen LogP contribution < -0.4 is 5.73 Å². The van der Waals surface area contributed by atoms with Gasteiger partial charge in [0.15, 0.2) is 0 Å². The summed E-state index contributed by atoms with van der Waals surface area (Å²) in [5.41, 5.74) is 5.30. The van der Waals surface area contributed by atoms with Gasteiger partial charge in [0.1, 0.15) is 0 Å². The van der Waals surface area contributed by atoms with Crippen LogP contribution in [0.2, 0.25) is 0 Å². The topological polar surface area (TPSA) is 90.5 Å². The fourth-order valence-electron chi connectivity index (χ4n) is 1.95. The molecule has 0 aromatic heterocycles. The molecule has 1 fully saturated rings. The summed E-state index contributed by atoms with van der Waals surface area (Å²) in [5.74, 6) is 0.0122. The number of nitrogens with zero attached hydrogens (tertiary/aromatic N) is 2. The molecule has 1 aliphatic rings. The maximum atomic E-state index is 12.2. The minimum Gasteiger partial charge on any atom is -0.388 e. The second-order valence-electron chi connectivity index (χ2n) is 4.56. The van der Waals surface area contributed by atoms with Crippen LogP contribution in [0.3, 0.4) is 0 Å². The fourth-order valence-corrected chi connectivity index (χ4v) is 3.57. The van der Waals surface area contributed by atoms with E-state index in [1.54, 1.807) is 14.0 Å². The SMILES string of the molecule is CC(CC(=N)N)N(C)S(=O)(=O)N1CCCCC1. The molecule has 0 radical (unpaired) electrons. The molecule has 100 valence electrons. The predicted molar refractivity (Wildman–Crippen MR) is 68.1 cm³/mol. The highest BCUT2D eigenvalue weighted by molar-refractivity contribution is 7.86. The molecule has 1 aliphatic heterocycles. The average Bonchev–Trinajstić information content (AvgIpc) is 2.28. The van der Waals surface area contributed by atoms with Crippen LogP contribution >= 0.6 is 0 Å². The van der Waals surface area contributed by atoms with Crippen LogP contribution in [-0.2, 0) is 10.2 Å². The van der Waals surface area contributed by atoms with Gasteiger partial charge in [-0.15, -0.1) is 0 Å². The lowest BCUT2D eigenvalue weighted by Crippen LogP contribution is -2.48. The molecule has 0 bridgehead atoms. The molecule has 0 amide bonds. The van der Waals surface area contributed by atoms with E-state index in [1.165, 1.54) is 8.61 Å². The molecule has 7 heteroatoms. The predicted octanol–water partition coefficient (Wildman–Crippen LogP) is 0.363. The zero-order valence-corrected chi connectivity index (χ0v) is 11.3. The zero-order valence-electron chi connectivity index (χ0n) is 10.5. The second-order valence-corrected chi connectivity index (χ2v) is 6.55. The van der Waals surface area contributed by atoms with Crippen LogP contribution in [-0.4, -0.2) is 49.0 Å². The van der Waals surface area contributed by atoms with E-state index in [1.807, 2.05) is 0 Å². The van der Waals surface area contributed by atoms with Crippen molar-refractivity contribution in [2.75, 3.05) is 20.1 Å². The first-order chi connectivity index (χ1) is 7.85. The van der Waals surface area contributed by atoms with E-state index in [-0.39, 0.29) is 18.3 Å². The molecule has 1 atom stereocenters. The first-order valence-electron chi connectivity index (χ1n) is 5.91. The zero-order chi connectivity index (χ0) is 13.1. The maximum Gasteiger partial charge on any atom is 0.281 e. The fraction of sp³-hybridized carbons (Fsp3) is 0.900. The van der Waals surface area contributed by atoms with Crippen molar-refractivity contribution >= 4 is 16.0 Å². The number of piperidine rings is 1. The van der Waals surface area contributed by atoms with Crippen molar-refractivity contribution < 1.29 is 8.42 Å². The lowest BCUT2D eigenvalue weighted by atomic mass is 10.2. The minimum absolute atomic E-state index is 0.0122. The van der Waals surface area contributed by atoms with Gasteiger partial charge < -0.3 is 5.73 Å². The molecule has 0 saturated carbocycles. The Balaban J connectivity index is 2.71. The van der Waals surface area contributed by atoms with Crippen LogP contribution in [0.25, 0.3) is 0 Å². The summed E-state index contributed by atoms with van der Waals surface area (Å²) in [6.07, 6.45) is 3.21. The molecule has 1 saturated heterocycles. The van der Waals surface area contributed by atoms with E-state index in [0.717, 1.165) is 19.3 Å². The molecule has 0 spiro atoms. The summed E-state index contributed by atoms with van der Waals surface area (Å²) in [5, 5.41) is 7.21. The van der Waals surface area contributed by atoms with Gasteiger partial charge in [0.05, 0.1) is 5.84 Å². The van der Waals surface area contributed by atoms with Gasteiger partial charge in [0.25, 0.3) is 10.2 Å². The lowest BCUT2D eigenvalue weighted by Gasteiger charge is -2.32. The van der Waals surface area contributed by atoms with E-state index in [4.69, 9.17) is 11.1 Å². The van der Waals surface area contributed by atoms with Gasteiger partial charge in [-0.05, 0) is 19.8 Å². The van der Waals surface area contributed by atoms with Gasteiger partial charge in [-0.3, -0.25) is 5.41 Å². The van der Waals surface area contributed by atoms with Crippen LogP contribution in [0, 0.1) is 5.41 Å². The normalized spacial score (nSPS) is 20.4. The largest absolute Gasteiger partial charge is 0.388 e. The molecular weight excluding hydrogens is 240 g/mol. The third kappa shape index (κ3) is 3.65. The van der Waals surface area contributed by atoms with E-state index >= 15 is 0 Å². The van der Waals surface area contributed by atoms with Crippen LogP contribution in [0.15, 0.2) is 0 Å². The molecule has 6 nitrogen and oxygen atoms in total. The van der Waals surface area contributed by atoms with Crippen molar-refractivity contribution in [3.63, 3.8) is 0 Å². The number of amidine groups is 1. The van der Waals surface area contributed by atoms with E-state index in [9.17, 15) is 8.42 Å². The highest BCUT2D eigenvalue weighted by atomic mass is 32.2. The van der Waals surface area contributed by atoms with Gasteiger partial charge >= 0.3 is 0 Å². The van der Waals surface area contributed by atoms with Gasteiger partial charge in [0.2, 0.25) is 0 Å². The van der Waals surface area contributed by atoms with E-state index < -0.39 is 10.2 Å². The van der Waals surface area contributed by atoms with Gasteiger partial charge in [-0.2, -0.15) is 17.0 Å². The summed E-state index contributed by atoms with van der Waals surface area (Å²) in [7, 11) is -1.84. The Morgan fingerprint density at radius 2 is 1.94 bits per heavy atom. The number of rotatable bonds is 5. The van der Waals surface area contributed by atoms with Gasteiger partial charge in [-0.25, -0.2) is 0 Å². The number of nitrogens with two attached hydrogens (primary N) is 1. The van der Waals surface area contributed by atoms with Crippen molar-refractivity contribution in [1.82, 2.24) is 8.61 Å². The van der Waals surface area contributed by atoms with E-state index in [2.05, 4.69) is 0 Å². The van der Waals surface area contributed by atoms with Crippen molar-refractivity contribution in [3.05, 3.63) is 0 Å². The standard InChI is InChI=1S/C10H22N4O2S/c1-9(8-10(11)12)13(2)17(15,16)14-6-4-3-5-7-14/h9H,3-8H2,1-2H3,(H3,11,12). The second kappa shape index (κ2) is 5.79. The smallest absolute Gasteiger partial charge is 0.281 e. The molecule has 0 aromatic carbocycles. The Morgan fingerprint density at radius 3 is 2.41 bits per heavy atom. The molecule has 1 rings (SSSR count). The Hall–Kier alpha value is -0.660. The third-order valence-corrected chi connectivity index (χ3v) is 5.25. The molecule has 3 N–H and O–H groups in total. The summed E-state index contributed by atoms with van der Waals surface area (Å²) in [4.78, 5) is 0. The first-order valence-corrected chi connectivity index (χ1v) is 7.31. The molecule has 1 heterocycles. The number of hydrogen-bond acceptors (Lipinski definition) is 3. The summed E-state index contributed by atoms with van der Waals surface area (Å²) >= 11 is 0. The molecule has 0 aromatic rings.